The Bertz CT molecular complexity index is 502. The van der Waals surface area contributed by atoms with Crippen molar-refractivity contribution in [2.45, 2.75) is 38.9 Å². The van der Waals surface area contributed by atoms with Gasteiger partial charge in [0.25, 0.3) is 0 Å². The Morgan fingerprint density at radius 3 is 2.90 bits per heavy atom. The number of carbonyl (C=O) groups excluding carboxylic acids is 1. The fraction of sp³-hybridized carbons (Fsp3) is 0.615. The molecule has 1 saturated heterocycles. The number of carbonyl (C=O) groups is 2. The van der Waals surface area contributed by atoms with Gasteiger partial charge in [0.2, 0.25) is 5.91 Å². The SMILES string of the molecule is CCc1nc(CC(=O)N2CC(C(=O)O)O[C@H](C)C2)cs1. The van der Waals surface area contributed by atoms with Crippen LogP contribution in [0.4, 0.5) is 0 Å². The Morgan fingerprint density at radius 1 is 1.55 bits per heavy atom. The van der Waals surface area contributed by atoms with Gasteiger partial charge in [-0.1, -0.05) is 6.92 Å². The zero-order valence-electron chi connectivity index (χ0n) is 11.5. The molecule has 1 amide bonds. The highest BCUT2D eigenvalue weighted by molar-refractivity contribution is 7.09. The summed E-state index contributed by atoms with van der Waals surface area (Å²) < 4.78 is 5.29. The fourth-order valence-electron chi connectivity index (χ4n) is 2.15. The number of thiazole rings is 1. The van der Waals surface area contributed by atoms with Crippen LogP contribution in [0.2, 0.25) is 0 Å². The predicted molar refractivity (Wildman–Crippen MR) is 73.7 cm³/mol. The number of aliphatic carboxylic acids is 1. The summed E-state index contributed by atoms with van der Waals surface area (Å²) in [7, 11) is 0. The number of carboxylic acid groups (broad SMARTS) is 1. The lowest BCUT2D eigenvalue weighted by Gasteiger charge is -2.34. The van der Waals surface area contributed by atoms with E-state index >= 15 is 0 Å². The number of nitrogens with zero attached hydrogens (tertiary/aromatic N) is 2. The molecule has 0 bridgehead atoms. The van der Waals surface area contributed by atoms with Gasteiger partial charge in [0.15, 0.2) is 6.10 Å². The number of hydrogen-bond donors (Lipinski definition) is 1. The van der Waals surface area contributed by atoms with Crippen molar-refractivity contribution in [1.29, 1.82) is 0 Å². The average Bonchev–Trinajstić information content (AvgIpc) is 2.85. The molecule has 0 spiro atoms. The molecular formula is C13H18N2O4S. The Balaban J connectivity index is 1.99. The first-order valence-corrected chi connectivity index (χ1v) is 7.46. The van der Waals surface area contributed by atoms with Crippen LogP contribution in [0, 0.1) is 0 Å². The molecule has 2 rings (SSSR count). The number of aromatic nitrogens is 1. The summed E-state index contributed by atoms with van der Waals surface area (Å²) in [6.45, 7) is 4.32. The van der Waals surface area contributed by atoms with Gasteiger partial charge in [0, 0.05) is 11.9 Å². The summed E-state index contributed by atoms with van der Waals surface area (Å²) in [4.78, 5) is 29.1. The Kier molecular flexibility index (Phi) is 4.72. The third kappa shape index (κ3) is 3.55. The minimum atomic E-state index is -1.03. The maximum absolute atomic E-state index is 12.2. The maximum Gasteiger partial charge on any atom is 0.334 e. The van der Waals surface area contributed by atoms with Gasteiger partial charge in [-0.15, -0.1) is 11.3 Å². The largest absolute Gasteiger partial charge is 0.479 e. The van der Waals surface area contributed by atoms with E-state index in [9.17, 15) is 9.59 Å². The Morgan fingerprint density at radius 2 is 2.30 bits per heavy atom. The lowest BCUT2D eigenvalue weighted by molar-refractivity contribution is -0.166. The second kappa shape index (κ2) is 6.32. The smallest absolute Gasteiger partial charge is 0.334 e. The monoisotopic (exact) mass is 298 g/mol. The Labute approximate surface area is 121 Å². The van der Waals surface area contributed by atoms with Crippen LogP contribution < -0.4 is 0 Å². The van der Waals surface area contributed by atoms with Gasteiger partial charge in [-0.25, -0.2) is 9.78 Å². The average molecular weight is 298 g/mol. The molecule has 0 aromatic carbocycles. The molecular weight excluding hydrogens is 280 g/mol. The Hall–Kier alpha value is -1.47. The summed E-state index contributed by atoms with van der Waals surface area (Å²) >= 11 is 1.54. The van der Waals surface area contributed by atoms with Crippen molar-refractivity contribution in [3.63, 3.8) is 0 Å². The van der Waals surface area contributed by atoms with Crippen LogP contribution in [0.15, 0.2) is 5.38 Å². The number of aryl methyl sites for hydroxylation is 1. The van der Waals surface area contributed by atoms with Crippen LogP contribution in [0.5, 0.6) is 0 Å². The van der Waals surface area contributed by atoms with Crippen LogP contribution >= 0.6 is 11.3 Å². The van der Waals surface area contributed by atoms with Gasteiger partial charge in [0.05, 0.1) is 29.8 Å². The number of morpholine rings is 1. The molecule has 1 fully saturated rings. The fourth-order valence-corrected chi connectivity index (χ4v) is 2.90. The van der Waals surface area contributed by atoms with Crippen molar-refractivity contribution in [3.05, 3.63) is 16.1 Å². The molecule has 1 aliphatic heterocycles. The first-order valence-electron chi connectivity index (χ1n) is 6.59. The molecule has 110 valence electrons. The summed E-state index contributed by atoms with van der Waals surface area (Å²) in [6, 6.07) is 0. The van der Waals surface area contributed by atoms with Crippen molar-refractivity contribution < 1.29 is 19.4 Å². The minimum Gasteiger partial charge on any atom is -0.479 e. The van der Waals surface area contributed by atoms with E-state index in [0.717, 1.165) is 17.1 Å². The van der Waals surface area contributed by atoms with Crippen molar-refractivity contribution in [2.24, 2.45) is 0 Å². The third-order valence-corrected chi connectivity index (χ3v) is 4.16. The first-order chi connectivity index (χ1) is 9.49. The van der Waals surface area contributed by atoms with E-state index in [4.69, 9.17) is 9.84 Å². The second-order valence-electron chi connectivity index (χ2n) is 4.84. The number of amides is 1. The number of hydrogen-bond acceptors (Lipinski definition) is 5. The van der Waals surface area contributed by atoms with E-state index in [1.165, 1.54) is 0 Å². The van der Waals surface area contributed by atoms with Crippen molar-refractivity contribution in [2.75, 3.05) is 13.1 Å². The quantitative estimate of drug-likeness (QED) is 0.895. The van der Waals surface area contributed by atoms with Gasteiger partial charge in [-0.05, 0) is 13.3 Å². The van der Waals surface area contributed by atoms with E-state index < -0.39 is 12.1 Å². The van der Waals surface area contributed by atoms with E-state index in [2.05, 4.69) is 4.98 Å². The lowest BCUT2D eigenvalue weighted by atomic mass is 10.2. The lowest BCUT2D eigenvalue weighted by Crippen LogP contribution is -2.52. The first kappa shape index (κ1) is 14.9. The summed E-state index contributed by atoms with van der Waals surface area (Å²) in [5.41, 5.74) is 0.753. The minimum absolute atomic E-state index is 0.0978. The molecule has 0 radical (unpaired) electrons. The van der Waals surface area contributed by atoms with Gasteiger partial charge in [0.1, 0.15) is 0 Å². The zero-order valence-corrected chi connectivity index (χ0v) is 12.4. The molecule has 1 aliphatic rings. The molecule has 2 heterocycles. The molecule has 6 nitrogen and oxygen atoms in total. The summed E-state index contributed by atoms with van der Waals surface area (Å²) in [5.74, 6) is -1.13. The third-order valence-electron chi connectivity index (χ3n) is 3.12. The summed E-state index contributed by atoms with van der Waals surface area (Å²) in [5, 5.41) is 11.9. The van der Waals surface area contributed by atoms with Gasteiger partial charge in [-0.2, -0.15) is 0 Å². The van der Waals surface area contributed by atoms with Gasteiger partial charge < -0.3 is 14.7 Å². The van der Waals surface area contributed by atoms with E-state index in [-0.39, 0.29) is 25.0 Å². The van der Waals surface area contributed by atoms with E-state index in [0.29, 0.717) is 6.54 Å². The molecule has 1 aromatic heterocycles. The van der Waals surface area contributed by atoms with Crippen LogP contribution in [0.25, 0.3) is 0 Å². The number of carboxylic acids is 1. The van der Waals surface area contributed by atoms with Crippen LogP contribution in [-0.4, -0.2) is 52.2 Å². The van der Waals surface area contributed by atoms with Crippen molar-refractivity contribution >= 4 is 23.2 Å². The van der Waals surface area contributed by atoms with Crippen LogP contribution in [0.1, 0.15) is 24.5 Å². The maximum atomic E-state index is 12.2. The normalized spacial score (nSPS) is 22.8. The van der Waals surface area contributed by atoms with Gasteiger partial charge >= 0.3 is 5.97 Å². The summed E-state index contributed by atoms with van der Waals surface area (Å²) in [6.07, 6.45) is -0.135. The van der Waals surface area contributed by atoms with Crippen LogP contribution in [0.3, 0.4) is 0 Å². The molecule has 1 N–H and O–H groups in total. The highest BCUT2D eigenvalue weighted by atomic mass is 32.1. The number of rotatable bonds is 4. The topological polar surface area (TPSA) is 79.7 Å². The molecule has 1 aromatic rings. The highest BCUT2D eigenvalue weighted by Gasteiger charge is 2.32. The molecule has 7 heteroatoms. The molecule has 1 unspecified atom stereocenters. The van der Waals surface area contributed by atoms with Crippen LogP contribution in [-0.2, 0) is 27.2 Å². The number of ether oxygens (including phenoxy) is 1. The highest BCUT2D eigenvalue weighted by Crippen LogP contribution is 2.15. The van der Waals surface area contributed by atoms with E-state index in [1.807, 2.05) is 12.3 Å². The zero-order chi connectivity index (χ0) is 14.7. The predicted octanol–water partition coefficient (Wildman–Crippen LogP) is 0.948. The molecule has 2 atom stereocenters. The molecule has 0 saturated carbocycles. The molecule has 20 heavy (non-hydrogen) atoms. The van der Waals surface area contributed by atoms with Gasteiger partial charge in [-0.3, -0.25) is 4.79 Å². The van der Waals surface area contributed by atoms with Crippen molar-refractivity contribution in [1.82, 2.24) is 9.88 Å². The van der Waals surface area contributed by atoms with Crippen molar-refractivity contribution in [3.8, 4) is 0 Å². The second-order valence-corrected chi connectivity index (χ2v) is 5.78. The standard InChI is InChI=1S/C13H18N2O4S/c1-3-11-14-9(7-20-11)4-12(16)15-5-8(2)19-10(6-15)13(17)18/h7-8,10H,3-6H2,1-2H3,(H,17,18)/t8-,10?/m1/s1. The van der Waals surface area contributed by atoms with E-state index in [1.54, 1.807) is 23.2 Å². The molecule has 0 aliphatic carbocycles.